The van der Waals surface area contributed by atoms with Crippen molar-refractivity contribution < 1.29 is 18.4 Å². The largest absolute Gasteiger partial charge is 0.323 e. The Balaban J connectivity index is 1.76. The molecule has 3 amide bonds. The van der Waals surface area contributed by atoms with Gasteiger partial charge in [-0.25, -0.2) is 19.0 Å². The number of hydrogen-bond donors (Lipinski definition) is 3. The lowest BCUT2D eigenvalue weighted by molar-refractivity contribution is -0.122. The molecule has 0 atom stereocenters. The fourth-order valence-electron chi connectivity index (χ4n) is 2.87. The van der Waals surface area contributed by atoms with Gasteiger partial charge in [-0.3, -0.25) is 4.79 Å². The molecule has 1 aliphatic heterocycles. The highest BCUT2D eigenvalue weighted by Gasteiger charge is 2.33. The van der Waals surface area contributed by atoms with Gasteiger partial charge < -0.3 is 10.6 Å². The topological polar surface area (TPSA) is 82.6 Å². The average molecular weight is 372 g/mol. The molecular weight excluding hydrogens is 354 g/mol. The molecule has 140 valence electrons. The minimum Gasteiger partial charge on any atom is -0.308 e. The lowest BCUT2D eigenvalue weighted by Gasteiger charge is -2.29. The molecule has 3 rings (SSSR count). The Bertz CT molecular complexity index is 941. The van der Waals surface area contributed by atoms with Crippen LogP contribution in [0.1, 0.15) is 25.8 Å². The van der Waals surface area contributed by atoms with Crippen LogP contribution in [0.25, 0.3) is 0 Å². The highest BCUT2D eigenvalue weighted by Crippen LogP contribution is 2.30. The van der Waals surface area contributed by atoms with E-state index in [1.807, 2.05) is 19.9 Å². The van der Waals surface area contributed by atoms with E-state index < -0.39 is 23.1 Å². The predicted molar refractivity (Wildman–Crippen MR) is 98.5 cm³/mol. The maximum atomic E-state index is 13.6. The quantitative estimate of drug-likeness (QED) is 0.765. The second-order valence-corrected chi connectivity index (χ2v) is 6.84. The van der Waals surface area contributed by atoms with Gasteiger partial charge in [0.25, 0.3) is 0 Å². The van der Waals surface area contributed by atoms with Gasteiger partial charge in [0.1, 0.15) is 11.6 Å². The number of hydrogen-bond acceptors (Lipinski definition) is 3. The lowest BCUT2D eigenvalue weighted by Crippen LogP contribution is -2.39. The fraction of sp³-hybridized carbons (Fsp3) is 0.211. The molecule has 0 saturated heterocycles. The SMILES string of the molecule is CC1(C)CC(=O)NN=C1c1cccc(NC(=O)Nc2ccc(F)cc2F)c1. The summed E-state index contributed by atoms with van der Waals surface area (Å²) in [5.74, 6) is -1.75. The van der Waals surface area contributed by atoms with Crippen molar-refractivity contribution in [3.8, 4) is 0 Å². The molecule has 0 radical (unpaired) electrons. The normalized spacial score (nSPS) is 15.6. The number of nitrogens with one attached hydrogen (secondary N) is 3. The molecule has 1 heterocycles. The minimum absolute atomic E-state index is 0.134. The van der Waals surface area contributed by atoms with Gasteiger partial charge in [-0.05, 0) is 24.3 Å². The molecule has 0 fully saturated rings. The van der Waals surface area contributed by atoms with E-state index in [-0.39, 0.29) is 11.6 Å². The number of nitrogens with zero attached hydrogens (tertiary/aromatic N) is 1. The maximum Gasteiger partial charge on any atom is 0.323 e. The van der Waals surface area contributed by atoms with Gasteiger partial charge in [0, 0.05) is 29.2 Å². The maximum absolute atomic E-state index is 13.6. The Hall–Kier alpha value is -3.29. The fourth-order valence-corrected chi connectivity index (χ4v) is 2.87. The minimum atomic E-state index is -0.868. The van der Waals surface area contributed by atoms with E-state index in [9.17, 15) is 18.4 Å². The molecule has 3 N–H and O–H groups in total. The number of carbonyl (C=O) groups is 2. The van der Waals surface area contributed by atoms with E-state index in [1.54, 1.807) is 18.2 Å². The number of carbonyl (C=O) groups excluding carboxylic acids is 2. The van der Waals surface area contributed by atoms with Crippen LogP contribution >= 0.6 is 0 Å². The third-order valence-electron chi connectivity index (χ3n) is 4.11. The van der Waals surface area contributed by atoms with Gasteiger partial charge in [-0.2, -0.15) is 5.10 Å². The first kappa shape index (κ1) is 18.5. The molecule has 8 heteroatoms. The van der Waals surface area contributed by atoms with Crippen LogP contribution in [-0.4, -0.2) is 17.6 Å². The highest BCUT2D eigenvalue weighted by molar-refractivity contribution is 6.09. The number of amides is 3. The van der Waals surface area contributed by atoms with Crippen LogP contribution in [0, 0.1) is 17.0 Å². The summed E-state index contributed by atoms with van der Waals surface area (Å²) in [5, 5.41) is 9.07. The van der Waals surface area contributed by atoms with Crippen LogP contribution in [0.15, 0.2) is 47.6 Å². The zero-order chi connectivity index (χ0) is 19.6. The summed E-state index contributed by atoms with van der Waals surface area (Å²) in [4.78, 5) is 23.7. The molecule has 0 aromatic heterocycles. The van der Waals surface area contributed by atoms with Crippen molar-refractivity contribution in [2.45, 2.75) is 20.3 Å². The van der Waals surface area contributed by atoms with Crippen LogP contribution < -0.4 is 16.1 Å². The van der Waals surface area contributed by atoms with Gasteiger partial charge in [-0.15, -0.1) is 0 Å². The standard InChI is InChI=1S/C19H18F2N4O2/c1-19(2)10-16(26)24-25-17(19)11-4-3-5-13(8-11)22-18(27)23-15-7-6-12(20)9-14(15)21/h3-9H,10H2,1-2H3,(H,24,26)(H2,22,23,27). The first-order chi connectivity index (χ1) is 12.7. The molecule has 0 spiro atoms. The Morgan fingerprint density at radius 3 is 2.63 bits per heavy atom. The van der Waals surface area contributed by atoms with E-state index >= 15 is 0 Å². The monoisotopic (exact) mass is 372 g/mol. The van der Waals surface area contributed by atoms with Crippen molar-refractivity contribution in [2.75, 3.05) is 10.6 Å². The molecule has 0 saturated carbocycles. The number of hydrazone groups is 1. The molecule has 0 aliphatic carbocycles. The summed E-state index contributed by atoms with van der Waals surface area (Å²) in [7, 11) is 0. The van der Waals surface area contributed by atoms with Gasteiger partial charge in [0.15, 0.2) is 0 Å². The molecule has 1 aliphatic rings. The van der Waals surface area contributed by atoms with Crippen LogP contribution in [0.2, 0.25) is 0 Å². The highest BCUT2D eigenvalue weighted by atomic mass is 19.1. The number of anilines is 2. The molecule has 0 unspecified atom stereocenters. The third-order valence-corrected chi connectivity index (χ3v) is 4.11. The summed E-state index contributed by atoms with van der Waals surface area (Å²) >= 11 is 0. The predicted octanol–water partition coefficient (Wildman–Crippen LogP) is 3.86. The number of rotatable bonds is 3. The van der Waals surface area contributed by atoms with E-state index in [2.05, 4.69) is 21.2 Å². The van der Waals surface area contributed by atoms with Gasteiger partial charge in [0.2, 0.25) is 5.91 Å². The molecule has 27 heavy (non-hydrogen) atoms. The lowest BCUT2D eigenvalue weighted by atomic mass is 9.79. The number of urea groups is 1. The summed E-state index contributed by atoms with van der Waals surface area (Å²) in [6.07, 6.45) is 0.299. The molecule has 6 nitrogen and oxygen atoms in total. The Labute approximate surface area is 154 Å². The van der Waals surface area contributed by atoms with Crippen LogP contribution in [0.4, 0.5) is 25.0 Å². The van der Waals surface area contributed by atoms with Gasteiger partial charge >= 0.3 is 6.03 Å². The second-order valence-electron chi connectivity index (χ2n) is 6.84. The summed E-state index contributed by atoms with van der Waals surface area (Å²) in [6, 6.07) is 9.14. The van der Waals surface area contributed by atoms with E-state index in [0.717, 1.165) is 17.7 Å². The first-order valence-electron chi connectivity index (χ1n) is 8.25. The van der Waals surface area contributed by atoms with E-state index in [4.69, 9.17) is 0 Å². The molecular formula is C19H18F2N4O2. The summed E-state index contributed by atoms with van der Waals surface area (Å²) in [5.41, 5.74) is 3.77. The Morgan fingerprint density at radius 2 is 1.93 bits per heavy atom. The van der Waals surface area contributed by atoms with Crippen LogP contribution in [-0.2, 0) is 4.79 Å². The zero-order valence-corrected chi connectivity index (χ0v) is 14.8. The van der Waals surface area contributed by atoms with Crippen molar-refractivity contribution in [1.82, 2.24) is 5.43 Å². The van der Waals surface area contributed by atoms with Crippen molar-refractivity contribution in [2.24, 2.45) is 10.5 Å². The second kappa shape index (κ2) is 7.14. The van der Waals surface area contributed by atoms with Crippen molar-refractivity contribution in [1.29, 1.82) is 0 Å². The van der Waals surface area contributed by atoms with E-state index in [1.165, 1.54) is 0 Å². The Kier molecular flexibility index (Phi) is 4.89. The van der Waals surface area contributed by atoms with Crippen LogP contribution in [0.5, 0.6) is 0 Å². The van der Waals surface area contributed by atoms with Gasteiger partial charge in [-0.1, -0.05) is 26.0 Å². The molecule has 2 aromatic carbocycles. The summed E-state index contributed by atoms with van der Waals surface area (Å²) in [6.45, 7) is 3.82. The van der Waals surface area contributed by atoms with Crippen molar-refractivity contribution in [3.63, 3.8) is 0 Å². The third kappa shape index (κ3) is 4.28. The smallest absolute Gasteiger partial charge is 0.308 e. The summed E-state index contributed by atoms with van der Waals surface area (Å²) < 4.78 is 26.6. The number of benzene rings is 2. The zero-order valence-electron chi connectivity index (χ0n) is 14.8. The first-order valence-corrected chi connectivity index (χ1v) is 8.25. The van der Waals surface area contributed by atoms with Crippen molar-refractivity contribution in [3.05, 3.63) is 59.7 Å². The average Bonchev–Trinajstić information content (AvgIpc) is 2.56. The van der Waals surface area contributed by atoms with Crippen LogP contribution in [0.3, 0.4) is 0 Å². The molecule has 2 aromatic rings. The van der Waals surface area contributed by atoms with Gasteiger partial charge in [0.05, 0.1) is 11.4 Å². The van der Waals surface area contributed by atoms with Crippen molar-refractivity contribution >= 4 is 29.0 Å². The number of halogens is 2. The molecule has 0 bridgehead atoms. The Morgan fingerprint density at radius 1 is 1.15 bits per heavy atom. The van der Waals surface area contributed by atoms with E-state index in [0.29, 0.717) is 23.9 Å².